The van der Waals surface area contributed by atoms with Crippen LogP contribution in [-0.2, 0) is 0 Å². The smallest absolute Gasteiger partial charge is 0.113 e. The van der Waals surface area contributed by atoms with Crippen molar-refractivity contribution in [3.63, 3.8) is 0 Å². The SMILES string of the molecule is NC[SiH](CO)c1ccccc1. The molecule has 0 heterocycles. The molecular weight excluding hydrogens is 154 g/mol. The van der Waals surface area contributed by atoms with E-state index in [1.54, 1.807) is 0 Å². The molecule has 1 unspecified atom stereocenters. The van der Waals surface area contributed by atoms with Crippen molar-refractivity contribution in [1.29, 1.82) is 0 Å². The highest BCUT2D eigenvalue weighted by Gasteiger charge is 2.08. The van der Waals surface area contributed by atoms with Gasteiger partial charge in [-0.05, 0) is 6.17 Å². The summed E-state index contributed by atoms with van der Waals surface area (Å²) in [6.07, 6.45) is 0.904. The van der Waals surface area contributed by atoms with Crippen molar-refractivity contribution >= 4 is 14.0 Å². The third kappa shape index (κ3) is 2.15. The number of hydrogen-bond acceptors (Lipinski definition) is 2. The van der Waals surface area contributed by atoms with Crippen LogP contribution in [0.1, 0.15) is 0 Å². The Morgan fingerprint density at radius 2 is 1.91 bits per heavy atom. The standard InChI is InChI=1S/C8H13NOSi/c9-6-11(7-10)8-4-2-1-3-5-8/h1-5,10-11H,6-7,9H2. The van der Waals surface area contributed by atoms with Crippen LogP contribution in [0.2, 0.25) is 0 Å². The van der Waals surface area contributed by atoms with Gasteiger partial charge in [0, 0.05) is 6.23 Å². The van der Waals surface area contributed by atoms with Crippen LogP contribution in [-0.4, -0.2) is 26.3 Å². The van der Waals surface area contributed by atoms with Gasteiger partial charge in [0.25, 0.3) is 0 Å². The molecule has 1 atom stereocenters. The van der Waals surface area contributed by atoms with Crippen LogP contribution < -0.4 is 10.9 Å². The summed E-state index contributed by atoms with van der Waals surface area (Å²) in [4.78, 5) is 0. The van der Waals surface area contributed by atoms with Gasteiger partial charge in [-0.3, -0.25) is 0 Å². The largest absolute Gasteiger partial charge is 0.400 e. The topological polar surface area (TPSA) is 46.2 Å². The number of aliphatic hydroxyl groups is 1. The van der Waals surface area contributed by atoms with Gasteiger partial charge in [-0.2, -0.15) is 0 Å². The Labute approximate surface area is 68.3 Å². The predicted molar refractivity (Wildman–Crippen MR) is 49.4 cm³/mol. The molecule has 1 aromatic rings. The number of aliphatic hydroxyl groups excluding tert-OH is 1. The normalized spacial score (nSPS) is 12.9. The fourth-order valence-electron chi connectivity index (χ4n) is 1.04. The van der Waals surface area contributed by atoms with E-state index in [4.69, 9.17) is 10.8 Å². The molecule has 0 aliphatic carbocycles. The van der Waals surface area contributed by atoms with E-state index in [1.807, 2.05) is 30.3 Å². The molecule has 0 saturated carbocycles. The maximum atomic E-state index is 8.96. The second-order valence-corrected chi connectivity index (χ2v) is 5.42. The average molecular weight is 167 g/mol. The summed E-state index contributed by atoms with van der Waals surface area (Å²) in [5.74, 6) is 0. The van der Waals surface area contributed by atoms with Crippen molar-refractivity contribution in [3.8, 4) is 0 Å². The maximum Gasteiger partial charge on any atom is 0.113 e. The molecule has 0 aromatic heterocycles. The molecule has 0 radical (unpaired) electrons. The van der Waals surface area contributed by atoms with Crippen molar-refractivity contribution in [2.24, 2.45) is 5.73 Å². The van der Waals surface area contributed by atoms with Crippen LogP contribution in [0.5, 0.6) is 0 Å². The van der Waals surface area contributed by atoms with Crippen molar-refractivity contribution < 1.29 is 5.11 Å². The molecule has 11 heavy (non-hydrogen) atoms. The van der Waals surface area contributed by atoms with Crippen molar-refractivity contribution in [3.05, 3.63) is 30.3 Å². The van der Waals surface area contributed by atoms with Gasteiger partial charge < -0.3 is 10.8 Å². The molecule has 0 amide bonds. The molecule has 0 fully saturated rings. The number of rotatable bonds is 3. The van der Waals surface area contributed by atoms with Gasteiger partial charge in [0.1, 0.15) is 8.80 Å². The minimum atomic E-state index is -1.22. The zero-order chi connectivity index (χ0) is 8.10. The van der Waals surface area contributed by atoms with Crippen LogP contribution in [0.15, 0.2) is 30.3 Å². The summed E-state index contributed by atoms with van der Waals surface area (Å²) in [5.41, 5.74) is 5.52. The van der Waals surface area contributed by atoms with E-state index in [9.17, 15) is 0 Å². The van der Waals surface area contributed by atoms with E-state index < -0.39 is 8.80 Å². The third-order valence-corrected chi connectivity index (χ3v) is 4.11. The minimum Gasteiger partial charge on any atom is -0.400 e. The lowest BCUT2D eigenvalue weighted by molar-refractivity contribution is 0.363. The molecule has 1 rings (SSSR count). The number of hydrogen-bond donors (Lipinski definition) is 2. The number of nitrogens with two attached hydrogens (primary N) is 1. The first-order valence-corrected chi connectivity index (χ1v) is 5.95. The average Bonchev–Trinajstić information content (AvgIpc) is 2.09. The van der Waals surface area contributed by atoms with Gasteiger partial charge in [-0.15, -0.1) is 0 Å². The van der Waals surface area contributed by atoms with Crippen LogP contribution >= 0.6 is 0 Å². The summed E-state index contributed by atoms with van der Waals surface area (Å²) in [5, 5.41) is 10.2. The van der Waals surface area contributed by atoms with Crippen molar-refractivity contribution in [1.82, 2.24) is 0 Å². The van der Waals surface area contributed by atoms with Crippen LogP contribution in [0.4, 0.5) is 0 Å². The molecular formula is C8H13NOSi. The zero-order valence-corrected chi connectivity index (χ0v) is 7.56. The second-order valence-electron chi connectivity index (χ2n) is 2.53. The first-order chi connectivity index (χ1) is 5.38. The lowest BCUT2D eigenvalue weighted by Crippen LogP contribution is -2.41. The first kappa shape index (κ1) is 8.45. The molecule has 0 aliphatic rings. The fourth-order valence-corrected chi connectivity index (χ4v) is 2.44. The zero-order valence-electron chi connectivity index (χ0n) is 6.40. The molecule has 0 aliphatic heterocycles. The Morgan fingerprint density at radius 1 is 1.27 bits per heavy atom. The van der Waals surface area contributed by atoms with Gasteiger partial charge in [0.05, 0.1) is 0 Å². The van der Waals surface area contributed by atoms with Crippen molar-refractivity contribution in [2.45, 2.75) is 0 Å². The van der Waals surface area contributed by atoms with Crippen molar-refractivity contribution in [2.75, 3.05) is 12.4 Å². The van der Waals surface area contributed by atoms with Gasteiger partial charge in [-0.25, -0.2) is 0 Å². The van der Waals surface area contributed by atoms with Gasteiger partial charge in [0.2, 0.25) is 0 Å². The van der Waals surface area contributed by atoms with Gasteiger partial charge in [-0.1, -0.05) is 35.5 Å². The molecule has 0 bridgehead atoms. The fraction of sp³-hybridized carbons (Fsp3) is 0.250. The summed E-state index contributed by atoms with van der Waals surface area (Å²) < 4.78 is 0. The van der Waals surface area contributed by atoms with Crippen LogP contribution in [0.25, 0.3) is 0 Å². The maximum absolute atomic E-state index is 8.96. The van der Waals surface area contributed by atoms with Crippen LogP contribution in [0.3, 0.4) is 0 Å². The highest BCUT2D eigenvalue weighted by Crippen LogP contribution is 1.85. The van der Waals surface area contributed by atoms with Crippen LogP contribution in [0, 0.1) is 0 Å². The Hall–Kier alpha value is -0.643. The summed E-state index contributed by atoms with van der Waals surface area (Å²) >= 11 is 0. The summed E-state index contributed by atoms with van der Waals surface area (Å²) in [6, 6.07) is 10.0. The van der Waals surface area contributed by atoms with E-state index in [0.717, 1.165) is 0 Å². The van der Waals surface area contributed by atoms with E-state index in [-0.39, 0.29) is 6.23 Å². The molecule has 2 nitrogen and oxygen atoms in total. The highest BCUT2D eigenvalue weighted by atomic mass is 28.3. The van der Waals surface area contributed by atoms with E-state index in [1.165, 1.54) is 5.19 Å². The Morgan fingerprint density at radius 3 is 2.36 bits per heavy atom. The molecule has 3 N–H and O–H groups in total. The lowest BCUT2D eigenvalue weighted by atomic mass is 10.4. The molecule has 60 valence electrons. The number of benzene rings is 1. The van der Waals surface area contributed by atoms with E-state index in [0.29, 0.717) is 6.17 Å². The summed E-state index contributed by atoms with van der Waals surface area (Å²) in [7, 11) is -1.22. The summed E-state index contributed by atoms with van der Waals surface area (Å²) in [6.45, 7) is 0. The minimum absolute atomic E-state index is 0.264. The lowest BCUT2D eigenvalue weighted by Gasteiger charge is -2.08. The molecule has 3 heteroatoms. The Kier molecular flexibility index (Phi) is 3.29. The highest BCUT2D eigenvalue weighted by molar-refractivity contribution is 6.73. The quantitative estimate of drug-likeness (QED) is 0.576. The van der Waals surface area contributed by atoms with E-state index in [2.05, 4.69) is 0 Å². The van der Waals surface area contributed by atoms with E-state index >= 15 is 0 Å². The first-order valence-electron chi connectivity index (χ1n) is 3.74. The van der Waals surface area contributed by atoms with Gasteiger partial charge >= 0.3 is 0 Å². The second kappa shape index (κ2) is 4.28. The monoisotopic (exact) mass is 167 g/mol. The molecule has 1 aromatic carbocycles. The Balaban J connectivity index is 2.74. The van der Waals surface area contributed by atoms with Gasteiger partial charge in [0.15, 0.2) is 0 Å². The molecule has 0 spiro atoms. The third-order valence-electron chi connectivity index (χ3n) is 1.78. The predicted octanol–water partition coefficient (Wildman–Crippen LogP) is -0.850. The molecule has 0 saturated heterocycles. The Bertz CT molecular complexity index is 199.